The first kappa shape index (κ1) is 22.0. The van der Waals surface area contributed by atoms with Crippen molar-refractivity contribution < 1.29 is 9.53 Å². The van der Waals surface area contributed by atoms with Gasteiger partial charge in [-0.15, -0.1) is 0 Å². The smallest absolute Gasteiger partial charge is 0.278 e. The lowest BCUT2D eigenvalue weighted by Crippen LogP contribution is -2.28. The first-order valence-corrected chi connectivity index (χ1v) is 11.1. The molecule has 0 aliphatic rings. The molecule has 2 aromatic heterocycles. The summed E-state index contributed by atoms with van der Waals surface area (Å²) in [5, 5.41) is 3.59. The molecule has 1 amide bonds. The van der Waals surface area contributed by atoms with Crippen LogP contribution < -0.4 is 15.6 Å². The fourth-order valence-electron chi connectivity index (χ4n) is 3.49. The summed E-state index contributed by atoms with van der Waals surface area (Å²) >= 11 is 1.45. The molecule has 2 heterocycles. The topological polar surface area (TPSA) is 78.2 Å². The molecule has 0 fully saturated rings. The highest BCUT2D eigenvalue weighted by atomic mass is 32.2. The molecule has 160 valence electrons. The first-order chi connectivity index (χ1) is 14.2. The average Bonchev–Trinajstić information content (AvgIpc) is 2.99. The standard InChI is InChI=1S/C22H28N4O3S/c1-13(2)11-26-21(28)20-17(24-22(26)30-6)10-15(4)25(20)12-19(27)23-16-9-14(3)7-8-18(16)29-5/h7-10,13H,11-12H2,1-6H3,(H,23,27). The van der Waals surface area contributed by atoms with E-state index in [4.69, 9.17) is 4.74 Å². The van der Waals surface area contributed by atoms with E-state index >= 15 is 0 Å². The van der Waals surface area contributed by atoms with Gasteiger partial charge in [0, 0.05) is 12.2 Å². The number of rotatable bonds is 7. The number of hydrogen-bond donors (Lipinski definition) is 1. The number of aryl methyl sites for hydroxylation is 2. The number of fused-ring (bicyclic) bond motifs is 1. The number of aromatic nitrogens is 3. The first-order valence-electron chi connectivity index (χ1n) is 9.84. The van der Waals surface area contributed by atoms with Crippen LogP contribution in [0.4, 0.5) is 5.69 Å². The Kier molecular flexibility index (Phi) is 6.55. The zero-order valence-electron chi connectivity index (χ0n) is 18.3. The Morgan fingerprint density at radius 1 is 1.23 bits per heavy atom. The minimum atomic E-state index is -0.233. The second-order valence-corrected chi connectivity index (χ2v) is 8.54. The molecule has 0 unspecified atom stereocenters. The fraction of sp³-hybridized carbons (Fsp3) is 0.409. The second-order valence-electron chi connectivity index (χ2n) is 7.77. The van der Waals surface area contributed by atoms with Gasteiger partial charge in [-0.1, -0.05) is 31.7 Å². The van der Waals surface area contributed by atoms with Crippen molar-refractivity contribution in [3.8, 4) is 5.75 Å². The molecule has 0 saturated carbocycles. The monoisotopic (exact) mass is 428 g/mol. The highest BCUT2D eigenvalue weighted by Crippen LogP contribution is 2.25. The van der Waals surface area contributed by atoms with E-state index in [1.807, 2.05) is 44.4 Å². The maximum atomic E-state index is 13.3. The number of amides is 1. The van der Waals surface area contributed by atoms with Gasteiger partial charge in [-0.3, -0.25) is 14.2 Å². The van der Waals surface area contributed by atoms with Crippen molar-refractivity contribution in [1.82, 2.24) is 14.1 Å². The van der Waals surface area contributed by atoms with E-state index in [0.29, 0.717) is 40.1 Å². The molecule has 7 nitrogen and oxygen atoms in total. The predicted molar refractivity (Wildman–Crippen MR) is 122 cm³/mol. The summed E-state index contributed by atoms with van der Waals surface area (Å²) < 4.78 is 8.78. The van der Waals surface area contributed by atoms with E-state index < -0.39 is 0 Å². The van der Waals surface area contributed by atoms with Crippen molar-refractivity contribution in [2.45, 2.75) is 45.9 Å². The maximum absolute atomic E-state index is 13.3. The van der Waals surface area contributed by atoms with Crippen LogP contribution in [0.15, 0.2) is 34.2 Å². The van der Waals surface area contributed by atoms with Gasteiger partial charge in [0.15, 0.2) is 5.16 Å². The Morgan fingerprint density at radius 2 is 1.97 bits per heavy atom. The highest BCUT2D eigenvalue weighted by molar-refractivity contribution is 7.98. The number of hydrogen-bond acceptors (Lipinski definition) is 5. The molecule has 0 atom stereocenters. The Labute approximate surface area is 180 Å². The van der Waals surface area contributed by atoms with Gasteiger partial charge < -0.3 is 14.6 Å². The third-order valence-electron chi connectivity index (χ3n) is 4.84. The fourth-order valence-corrected chi connectivity index (χ4v) is 4.05. The van der Waals surface area contributed by atoms with Crippen molar-refractivity contribution in [1.29, 1.82) is 0 Å². The van der Waals surface area contributed by atoms with Crippen LogP contribution in [0.25, 0.3) is 11.0 Å². The number of carbonyl (C=O) groups excluding carboxylic acids is 1. The summed E-state index contributed by atoms with van der Waals surface area (Å²) in [6.45, 7) is 8.55. The molecule has 3 aromatic rings. The molecule has 30 heavy (non-hydrogen) atoms. The lowest BCUT2D eigenvalue weighted by atomic mass is 10.2. The molecule has 0 saturated heterocycles. The molecule has 8 heteroatoms. The number of benzene rings is 1. The van der Waals surface area contributed by atoms with Crippen molar-refractivity contribution in [2.75, 3.05) is 18.7 Å². The van der Waals surface area contributed by atoms with E-state index in [1.165, 1.54) is 11.8 Å². The van der Waals surface area contributed by atoms with E-state index in [0.717, 1.165) is 11.3 Å². The summed E-state index contributed by atoms with van der Waals surface area (Å²) in [6.07, 6.45) is 1.91. The summed E-state index contributed by atoms with van der Waals surface area (Å²) in [4.78, 5) is 30.8. The number of nitrogens with zero attached hydrogens (tertiary/aromatic N) is 3. The minimum absolute atomic E-state index is 0.0175. The van der Waals surface area contributed by atoms with Gasteiger partial charge in [-0.2, -0.15) is 0 Å². The Morgan fingerprint density at radius 3 is 2.60 bits per heavy atom. The Balaban J connectivity index is 2.00. The second kappa shape index (κ2) is 8.95. The molecule has 0 spiro atoms. The Hall–Kier alpha value is -2.74. The number of methoxy groups -OCH3 is 1. The van der Waals surface area contributed by atoms with Gasteiger partial charge in [0.1, 0.15) is 17.8 Å². The van der Waals surface area contributed by atoms with Crippen LogP contribution >= 0.6 is 11.8 Å². The lowest BCUT2D eigenvalue weighted by molar-refractivity contribution is -0.116. The Bertz CT molecular complexity index is 1150. The molecular formula is C22H28N4O3S. The van der Waals surface area contributed by atoms with Crippen molar-refractivity contribution >= 4 is 34.4 Å². The highest BCUT2D eigenvalue weighted by Gasteiger charge is 2.19. The largest absolute Gasteiger partial charge is 0.495 e. The van der Waals surface area contributed by atoms with Gasteiger partial charge in [0.2, 0.25) is 5.91 Å². The normalized spacial score (nSPS) is 11.3. The van der Waals surface area contributed by atoms with Gasteiger partial charge in [-0.25, -0.2) is 4.98 Å². The van der Waals surface area contributed by atoms with Crippen LogP contribution in [0.2, 0.25) is 0 Å². The van der Waals surface area contributed by atoms with Crippen LogP contribution in [0.5, 0.6) is 5.75 Å². The molecule has 1 N–H and O–H groups in total. The van der Waals surface area contributed by atoms with Crippen LogP contribution in [-0.4, -0.2) is 33.4 Å². The molecule has 0 aliphatic heterocycles. The number of carbonyl (C=O) groups is 1. The molecule has 3 rings (SSSR count). The zero-order valence-corrected chi connectivity index (χ0v) is 19.1. The lowest BCUT2D eigenvalue weighted by Gasteiger charge is -2.15. The van der Waals surface area contributed by atoms with E-state index in [1.54, 1.807) is 16.2 Å². The predicted octanol–water partition coefficient (Wildman–Crippen LogP) is 3.84. The van der Waals surface area contributed by atoms with Crippen molar-refractivity contribution in [3.05, 3.63) is 45.9 Å². The summed E-state index contributed by atoms with van der Waals surface area (Å²) in [6, 6.07) is 7.46. The van der Waals surface area contributed by atoms with Crippen molar-refractivity contribution in [2.24, 2.45) is 5.92 Å². The third kappa shape index (κ3) is 4.38. The van der Waals surface area contributed by atoms with E-state index in [-0.39, 0.29) is 18.0 Å². The van der Waals surface area contributed by atoms with Crippen LogP contribution in [-0.2, 0) is 17.9 Å². The summed E-state index contributed by atoms with van der Waals surface area (Å²) in [5.74, 6) is 0.659. The van der Waals surface area contributed by atoms with Gasteiger partial charge >= 0.3 is 0 Å². The van der Waals surface area contributed by atoms with E-state index in [2.05, 4.69) is 24.1 Å². The molecule has 0 radical (unpaired) electrons. The quantitative estimate of drug-likeness (QED) is 0.457. The van der Waals surface area contributed by atoms with Gasteiger partial charge in [-0.05, 0) is 49.8 Å². The van der Waals surface area contributed by atoms with Gasteiger partial charge in [0.05, 0.1) is 18.3 Å². The maximum Gasteiger partial charge on any atom is 0.278 e. The number of ether oxygens (including phenoxy) is 1. The molecule has 1 aromatic carbocycles. The zero-order chi connectivity index (χ0) is 22.0. The van der Waals surface area contributed by atoms with Crippen LogP contribution in [0.3, 0.4) is 0 Å². The molecule has 0 aliphatic carbocycles. The summed E-state index contributed by atoms with van der Waals surface area (Å²) in [5.41, 5.74) is 3.39. The van der Waals surface area contributed by atoms with Gasteiger partial charge in [0.25, 0.3) is 5.56 Å². The number of thioether (sulfide) groups is 1. The third-order valence-corrected chi connectivity index (χ3v) is 5.52. The van der Waals surface area contributed by atoms with E-state index in [9.17, 15) is 9.59 Å². The molecule has 0 bridgehead atoms. The van der Waals surface area contributed by atoms with Crippen molar-refractivity contribution in [3.63, 3.8) is 0 Å². The number of nitrogens with one attached hydrogen (secondary N) is 1. The van der Waals surface area contributed by atoms with Crippen LogP contribution in [0.1, 0.15) is 25.1 Å². The SMILES string of the molecule is COc1ccc(C)cc1NC(=O)Cn1c(C)cc2nc(SC)n(CC(C)C)c(=O)c21. The molecular weight excluding hydrogens is 400 g/mol. The summed E-state index contributed by atoms with van der Waals surface area (Å²) in [7, 11) is 1.57. The van der Waals surface area contributed by atoms with Crippen LogP contribution in [0, 0.1) is 19.8 Å². The number of anilines is 1. The minimum Gasteiger partial charge on any atom is -0.495 e. The average molecular weight is 429 g/mol.